The van der Waals surface area contributed by atoms with E-state index in [0.717, 1.165) is 12.1 Å². The fourth-order valence-corrected chi connectivity index (χ4v) is 1.80. The second-order valence-corrected chi connectivity index (χ2v) is 4.76. The van der Waals surface area contributed by atoms with Crippen LogP contribution in [0.15, 0.2) is 36.4 Å². The van der Waals surface area contributed by atoms with Crippen molar-refractivity contribution in [3.05, 3.63) is 47.7 Å². The number of hydrogen-bond acceptors (Lipinski definition) is 5. The van der Waals surface area contributed by atoms with Gasteiger partial charge >= 0.3 is 6.18 Å². The van der Waals surface area contributed by atoms with Gasteiger partial charge in [-0.25, -0.2) is 0 Å². The number of carbonyl (C=O) groups excluding carboxylic acids is 1. The molecule has 0 aliphatic carbocycles. The Kier molecular flexibility index (Phi) is 5.69. The number of nitrogens with zero attached hydrogens (tertiary/aromatic N) is 2. The van der Waals surface area contributed by atoms with Crippen LogP contribution in [-0.2, 0) is 10.9 Å². The van der Waals surface area contributed by atoms with Crippen LogP contribution in [0.5, 0.6) is 0 Å². The fraction of sp³-hybridized carbons (Fsp3) is 0.267. The largest absolute Gasteiger partial charge is 0.416 e. The van der Waals surface area contributed by atoms with Crippen LogP contribution in [0.4, 0.5) is 24.7 Å². The summed E-state index contributed by atoms with van der Waals surface area (Å²) < 4.78 is 42.8. The summed E-state index contributed by atoms with van der Waals surface area (Å²) in [4.78, 5) is 12.0. The third-order valence-corrected chi connectivity index (χ3v) is 2.96. The number of rotatable bonds is 6. The maximum Gasteiger partial charge on any atom is 0.416 e. The third-order valence-electron chi connectivity index (χ3n) is 2.96. The molecule has 0 saturated heterocycles. The predicted octanol–water partition coefficient (Wildman–Crippen LogP) is 2.81. The Morgan fingerprint density at radius 3 is 2.62 bits per heavy atom. The maximum absolute atomic E-state index is 12.6. The highest BCUT2D eigenvalue weighted by atomic mass is 19.4. The van der Waals surface area contributed by atoms with E-state index in [2.05, 4.69) is 20.8 Å². The van der Waals surface area contributed by atoms with Gasteiger partial charge in [-0.2, -0.15) is 13.2 Å². The molecule has 0 radical (unpaired) electrons. The van der Waals surface area contributed by atoms with Crippen LogP contribution in [0.3, 0.4) is 0 Å². The molecule has 1 amide bonds. The first-order chi connectivity index (χ1) is 11.4. The summed E-state index contributed by atoms with van der Waals surface area (Å²) >= 11 is 0. The lowest BCUT2D eigenvalue weighted by atomic mass is 10.2. The summed E-state index contributed by atoms with van der Waals surface area (Å²) in [7, 11) is 1.56. The highest BCUT2D eigenvalue weighted by Gasteiger charge is 2.30. The minimum Gasteiger partial charge on any atom is -0.383 e. The van der Waals surface area contributed by atoms with Gasteiger partial charge in [0.05, 0.1) is 12.2 Å². The Morgan fingerprint density at radius 1 is 1.21 bits per heavy atom. The second-order valence-electron chi connectivity index (χ2n) is 4.76. The minimum absolute atomic E-state index is 0.00953. The van der Waals surface area contributed by atoms with Crippen molar-refractivity contribution in [2.75, 3.05) is 30.9 Å². The van der Waals surface area contributed by atoms with E-state index < -0.39 is 17.6 Å². The smallest absolute Gasteiger partial charge is 0.383 e. The molecule has 1 heterocycles. The molecule has 0 bridgehead atoms. The molecule has 9 heteroatoms. The lowest BCUT2D eigenvalue weighted by Crippen LogP contribution is -2.16. The van der Waals surface area contributed by atoms with Crippen molar-refractivity contribution in [1.82, 2.24) is 10.2 Å². The molecule has 2 rings (SSSR count). The van der Waals surface area contributed by atoms with Crippen LogP contribution < -0.4 is 10.6 Å². The summed E-state index contributed by atoms with van der Waals surface area (Å²) in [6.45, 7) is 1.01. The Bertz CT molecular complexity index is 690. The van der Waals surface area contributed by atoms with Gasteiger partial charge in [0.2, 0.25) is 0 Å². The molecule has 2 N–H and O–H groups in total. The lowest BCUT2D eigenvalue weighted by Gasteiger charge is -2.09. The van der Waals surface area contributed by atoms with E-state index in [0.29, 0.717) is 19.0 Å². The number of ether oxygens (including phenoxy) is 1. The number of hydrogen-bond donors (Lipinski definition) is 2. The molecule has 2 aromatic rings. The fourth-order valence-electron chi connectivity index (χ4n) is 1.80. The minimum atomic E-state index is -4.48. The number of anilines is 2. The van der Waals surface area contributed by atoms with Crippen LogP contribution >= 0.6 is 0 Å². The van der Waals surface area contributed by atoms with Gasteiger partial charge < -0.3 is 15.4 Å². The van der Waals surface area contributed by atoms with E-state index in [1.807, 2.05) is 0 Å². The first-order valence-electron chi connectivity index (χ1n) is 6.95. The van der Waals surface area contributed by atoms with Crippen molar-refractivity contribution in [3.63, 3.8) is 0 Å². The molecule has 0 aliphatic heterocycles. The van der Waals surface area contributed by atoms with E-state index in [1.165, 1.54) is 18.2 Å². The maximum atomic E-state index is 12.6. The van der Waals surface area contributed by atoms with Crippen molar-refractivity contribution >= 4 is 17.4 Å². The quantitative estimate of drug-likeness (QED) is 0.791. The molecule has 6 nitrogen and oxygen atoms in total. The summed E-state index contributed by atoms with van der Waals surface area (Å²) in [6.07, 6.45) is -4.48. The number of amides is 1. The molecule has 0 saturated carbocycles. The average Bonchev–Trinajstić information content (AvgIpc) is 2.55. The molecule has 1 aromatic carbocycles. The van der Waals surface area contributed by atoms with Crippen molar-refractivity contribution in [1.29, 1.82) is 0 Å². The monoisotopic (exact) mass is 340 g/mol. The van der Waals surface area contributed by atoms with Gasteiger partial charge in [-0.1, -0.05) is 6.07 Å². The highest BCUT2D eigenvalue weighted by molar-refractivity contribution is 6.02. The van der Waals surface area contributed by atoms with Gasteiger partial charge in [-0.3, -0.25) is 4.79 Å². The average molecular weight is 340 g/mol. The summed E-state index contributed by atoms with van der Waals surface area (Å²) in [5.74, 6) is -0.187. The second kappa shape index (κ2) is 7.73. The van der Waals surface area contributed by atoms with E-state index in [4.69, 9.17) is 4.74 Å². The molecule has 0 unspecified atom stereocenters. The Labute approximate surface area is 136 Å². The van der Waals surface area contributed by atoms with Gasteiger partial charge in [0, 0.05) is 19.3 Å². The van der Waals surface area contributed by atoms with Gasteiger partial charge in [0.1, 0.15) is 5.82 Å². The van der Waals surface area contributed by atoms with Crippen LogP contribution in [0, 0.1) is 0 Å². The van der Waals surface area contributed by atoms with Crippen molar-refractivity contribution in [3.8, 4) is 0 Å². The standard InChI is InChI=1S/C15H15F3N4O2/c1-24-8-7-19-13-6-5-12(21-22-13)14(23)20-11-4-2-3-10(9-11)15(16,17)18/h2-6,9H,7-8H2,1H3,(H,19,22)(H,20,23). The Hall–Kier alpha value is -2.68. The van der Waals surface area contributed by atoms with Crippen molar-refractivity contribution < 1.29 is 22.7 Å². The van der Waals surface area contributed by atoms with Crippen LogP contribution in [-0.4, -0.2) is 36.4 Å². The number of benzene rings is 1. The number of methoxy groups -OCH3 is 1. The van der Waals surface area contributed by atoms with E-state index in [1.54, 1.807) is 13.2 Å². The Balaban J connectivity index is 2.02. The number of halogens is 3. The van der Waals surface area contributed by atoms with Crippen molar-refractivity contribution in [2.45, 2.75) is 6.18 Å². The van der Waals surface area contributed by atoms with E-state index >= 15 is 0 Å². The molecule has 128 valence electrons. The van der Waals surface area contributed by atoms with Crippen molar-refractivity contribution in [2.24, 2.45) is 0 Å². The normalized spacial score (nSPS) is 11.2. The predicted molar refractivity (Wildman–Crippen MR) is 81.8 cm³/mol. The van der Waals surface area contributed by atoms with Gasteiger partial charge in [-0.05, 0) is 30.3 Å². The topological polar surface area (TPSA) is 76.1 Å². The molecular weight excluding hydrogens is 325 g/mol. The van der Waals surface area contributed by atoms with Gasteiger partial charge in [0.15, 0.2) is 5.69 Å². The molecule has 24 heavy (non-hydrogen) atoms. The lowest BCUT2D eigenvalue weighted by molar-refractivity contribution is -0.137. The van der Waals surface area contributed by atoms with Gasteiger partial charge in [-0.15, -0.1) is 10.2 Å². The molecule has 0 atom stereocenters. The third kappa shape index (κ3) is 4.92. The zero-order valence-corrected chi connectivity index (χ0v) is 12.7. The van der Waals surface area contributed by atoms with Crippen LogP contribution in [0.25, 0.3) is 0 Å². The first-order valence-corrected chi connectivity index (χ1v) is 6.95. The summed E-state index contributed by atoms with van der Waals surface area (Å²) in [5.41, 5.74) is -0.826. The zero-order valence-electron chi connectivity index (χ0n) is 12.7. The summed E-state index contributed by atoms with van der Waals surface area (Å²) in [6, 6.07) is 7.32. The SMILES string of the molecule is COCCNc1ccc(C(=O)Nc2cccc(C(F)(F)F)c2)nn1. The first kappa shape index (κ1) is 17.7. The molecular formula is C15H15F3N4O2. The molecule has 1 aromatic heterocycles. The van der Waals surface area contributed by atoms with Crippen LogP contribution in [0.1, 0.15) is 16.1 Å². The number of carbonyl (C=O) groups is 1. The summed E-state index contributed by atoms with van der Waals surface area (Å²) in [5, 5.41) is 12.8. The van der Waals surface area contributed by atoms with E-state index in [9.17, 15) is 18.0 Å². The molecule has 0 spiro atoms. The molecule has 0 aliphatic rings. The number of nitrogens with one attached hydrogen (secondary N) is 2. The number of aromatic nitrogens is 2. The Morgan fingerprint density at radius 2 is 2.00 bits per heavy atom. The number of alkyl halides is 3. The van der Waals surface area contributed by atoms with E-state index in [-0.39, 0.29) is 11.4 Å². The molecule has 0 fully saturated rings. The van der Waals surface area contributed by atoms with Crippen LogP contribution in [0.2, 0.25) is 0 Å². The zero-order chi connectivity index (χ0) is 17.6. The highest BCUT2D eigenvalue weighted by Crippen LogP contribution is 2.30. The van der Waals surface area contributed by atoms with Gasteiger partial charge in [0.25, 0.3) is 5.91 Å².